The van der Waals surface area contributed by atoms with Crippen LogP contribution in [0, 0.1) is 13.8 Å². The number of nitrogens with zero attached hydrogens (tertiary/aromatic N) is 2. The van der Waals surface area contributed by atoms with Gasteiger partial charge in [-0.2, -0.15) is 5.10 Å². The van der Waals surface area contributed by atoms with Gasteiger partial charge in [0.1, 0.15) is 0 Å². The Bertz CT molecular complexity index is 1470. The monoisotopic (exact) mass is 473 g/mol. The van der Waals surface area contributed by atoms with Crippen LogP contribution in [0.15, 0.2) is 108 Å². The van der Waals surface area contributed by atoms with Crippen molar-refractivity contribution in [2.45, 2.75) is 20.8 Å². The Morgan fingerprint density at radius 2 is 1.29 bits per heavy atom. The van der Waals surface area contributed by atoms with Crippen LogP contribution < -0.4 is 5.43 Å². The third-order valence-corrected chi connectivity index (χ3v) is 7.18. The molecule has 0 amide bonds. The lowest BCUT2D eigenvalue weighted by Gasteiger charge is -2.06. The first kappa shape index (κ1) is 22.8. The van der Waals surface area contributed by atoms with Gasteiger partial charge in [0.25, 0.3) is 0 Å². The van der Waals surface area contributed by atoms with Crippen molar-refractivity contribution < 1.29 is 0 Å². The van der Waals surface area contributed by atoms with Crippen molar-refractivity contribution in [3.05, 3.63) is 120 Å². The number of hydrazone groups is 1. The Labute approximate surface area is 210 Å². The summed E-state index contributed by atoms with van der Waals surface area (Å²) in [6.45, 7) is 6.29. The van der Waals surface area contributed by atoms with Crippen LogP contribution >= 0.6 is 11.3 Å². The minimum atomic E-state index is 0.775. The van der Waals surface area contributed by atoms with E-state index in [0.717, 1.165) is 38.1 Å². The Kier molecular flexibility index (Phi) is 6.55. The second-order valence-electron chi connectivity index (χ2n) is 8.61. The molecule has 0 saturated heterocycles. The standard InChI is InChI=1S/C31H27N3S/c1-21-14-15-28(20-22(21)2)29-30(27-12-8-5-9-13-27)35-31(32-29)34-33-23(3)24-16-18-26(19-17-24)25-10-6-4-7-11-25/h4-20H,1-3H3,(H,32,34)/b33-23-. The molecule has 0 atom stereocenters. The molecule has 0 aliphatic heterocycles. The SMILES string of the molecule is C/C(=N/Nc1nc(-c2ccc(C)c(C)c2)c(-c2ccccc2)s1)c1ccc(-c2ccccc2)cc1. The van der Waals surface area contributed by atoms with Crippen molar-refractivity contribution in [2.24, 2.45) is 5.10 Å². The minimum absolute atomic E-state index is 0.775. The lowest BCUT2D eigenvalue weighted by atomic mass is 10.0. The molecule has 1 heterocycles. The van der Waals surface area contributed by atoms with Crippen molar-refractivity contribution in [3.8, 4) is 32.8 Å². The van der Waals surface area contributed by atoms with E-state index in [2.05, 4.69) is 115 Å². The van der Waals surface area contributed by atoms with Gasteiger partial charge in [0.15, 0.2) is 0 Å². The van der Waals surface area contributed by atoms with Gasteiger partial charge in [-0.3, -0.25) is 5.43 Å². The summed E-state index contributed by atoms with van der Waals surface area (Å²) in [5, 5.41) is 5.43. The highest BCUT2D eigenvalue weighted by Crippen LogP contribution is 2.39. The van der Waals surface area contributed by atoms with Gasteiger partial charge in [0, 0.05) is 5.56 Å². The van der Waals surface area contributed by atoms with Gasteiger partial charge in [-0.1, -0.05) is 108 Å². The molecule has 4 heteroatoms. The number of thiazole rings is 1. The van der Waals surface area contributed by atoms with Crippen molar-refractivity contribution in [2.75, 3.05) is 5.43 Å². The van der Waals surface area contributed by atoms with Gasteiger partial charge in [-0.05, 0) is 60.2 Å². The Morgan fingerprint density at radius 3 is 1.94 bits per heavy atom. The maximum Gasteiger partial charge on any atom is 0.204 e. The predicted octanol–water partition coefficient (Wildman–Crippen LogP) is 8.60. The molecule has 1 N–H and O–H groups in total. The minimum Gasteiger partial charge on any atom is -0.252 e. The summed E-state index contributed by atoms with van der Waals surface area (Å²) in [5.41, 5.74) is 13.4. The summed E-state index contributed by atoms with van der Waals surface area (Å²) in [5.74, 6) is 0. The van der Waals surface area contributed by atoms with Gasteiger partial charge in [0.2, 0.25) is 5.13 Å². The molecule has 0 radical (unpaired) electrons. The van der Waals surface area contributed by atoms with E-state index in [-0.39, 0.29) is 0 Å². The first-order valence-corrected chi connectivity index (χ1v) is 12.5. The Hall–Kier alpha value is -4.02. The Balaban J connectivity index is 1.43. The zero-order valence-electron chi connectivity index (χ0n) is 20.1. The van der Waals surface area contributed by atoms with Crippen molar-refractivity contribution in [1.82, 2.24) is 4.98 Å². The van der Waals surface area contributed by atoms with E-state index in [4.69, 9.17) is 4.98 Å². The van der Waals surface area contributed by atoms with Crippen LogP contribution in [-0.2, 0) is 0 Å². The van der Waals surface area contributed by atoms with Crippen molar-refractivity contribution in [1.29, 1.82) is 0 Å². The predicted molar refractivity (Wildman–Crippen MR) is 150 cm³/mol. The van der Waals surface area contributed by atoms with Crippen LogP contribution in [0.4, 0.5) is 5.13 Å². The maximum atomic E-state index is 4.95. The number of anilines is 1. The average Bonchev–Trinajstić information content (AvgIpc) is 3.34. The zero-order chi connectivity index (χ0) is 24.2. The summed E-state index contributed by atoms with van der Waals surface area (Å²) in [6.07, 6.45) is 0. The van der Waals surface area contributed by atoms with Crippen LogP contribution in [0.5, 0.6) is 0 Å². The fourth-order valence-corrected chi connectivity index (χ4v) is 4.90. The van der Waals surface area contributed by atoms with Crippen molar-refractivity contribution >= 4 is 22.2 Å². The summed E-state index contributed by atoms with van der Waals surface area (Å²) in [6, 6.07) is 35.8. The first-order chi connectivity index (χ1) is 17.1. The van der Waals surface area contributed by atoms with Gasteiger partial charge in [-0.25, -0.2) is 4.98 Å². The lowest BCUT2D eigenvalue weighted by Crippen LogP contribution is -1.99. The summed E-state index contributed by atoms with van der Waals surface area (Å²) < 4.78 is 0. The quantitative estimate of drug-likeness (QED) is 0.198. The number of benzene rings is 4. The van der Waals surface area contributed by atoms with E-state index in [1.54, 1.807) is 11.3 Å². The van der Waals surface area contributed by atoms with E-state index in [9.17, 15) is 0 Å². The number of nitrogens with one attached hydrogen (secondary N) is 1. The van der Waals surface area contributed by atoms with E-state index in [0.29, 0.717) is 0 Å². The number of hydrogen-bond acceptors (Lipinski definition) is 4. The highest BCUT2D eigenvalue weighted by Gasteiger charge is 2.15. The third-order valence-electron chi connectivity index (χ3n) is 6.17. The molecule has 5 rings (SSSR count). The molecule has 0 aliphatic carbocycles. The van der Waals surface area contributed by atoms with E-state index in [1.165, 1.54) is 22.3 Å². The van der Waals surface area contributed by atoms with E-state index in [1.807, 2.05) is 19.1 Å². The van der Waals surface area contributed by atoms with Gasteiger partial charge >= 0.3 is 0 Å². The molecule has 5 aromatic rings. The number of aromatic nitrogens is 1. The molecule has 0 fully saturated rings. The normalized spacial score (nSPS) is 11.5. The third kappa shape index (κ3) is 5.08. The maximum absolute atomic E-state index is 4.95. The van der Waals surface area contributed by atoms with Crippen LogP contribution in [-0.4, -0.2) is 10.7 Å². The molecule has 0 spiro atoms. The second-order valence-corrected chi connectivity index (χ2v) is 9.61. The molecule has 1 aromatic heterocycles. The van der Waals surface area contributed by atoms with E-state index < -0.39 is 0 Å². The summed E-state index contributed by atoms with van der Waals surface area (Å²) >= 11 is 1.63. The molecule has 0 bridgehead atoms. The van der Waals surface area contributed by atoms with Crippen LogP contribution in [0.2, 0.25) is 0 Å². The van der Waals surface area contributed by atoms with Crippen molar-refractivity contribution in [3.63, 3.8) is 0 Å². The molecule has 172 valence electrons. The molecule has 35 heavy (non-hydrogen) atoms. The van der Waals surface area contributed by atoms with Crippen LogP contribution in [0.3, 0.4) is 0 Å². The molecule has 0 aliphatic rings. The molecule has 0 saturated carbocycles. The Morgan fingerprint density at radius 1 is 0.686 bits per heavy atom. The number of hydrogen-bond donors (Lipinski definition) is 1. The number of aryl methyl sites for hydroxylation is 2. The van der Waals surface area contributed by atoms with Gasteiger partial charge in [0.05, 0.1) is 16.3 Å². The molecular weight excluding hydrogens is 446 g/mol. The highest BCUT2D eigenvalue weighted by molar-refractivity contribution is 7.19. The fraction of sp³-hybridized carbons (Fsp3) is 0.0968. The highest BCUT2D eigenvalue weighted by atomic mass is 32.1. The van der Waals surface area contributed by atoms with Crippen LogP contribution in [0.1, 0.15) is 23.6 Å². The number of rotatable bonds is 6. The molecule has 0 unspecified atom stereocenters. The average molecular weight is 474 g/mol. The summed E-state index contributed by atoms with van der Waals surface area (Å²) in [7, 11) is 0. The van der Waals surface area contributed by atoms with Gasteiger partial charge < -0.3 is 0 Å². The topological polar surface area (TPSA) is 37.3 Å². The van der Waals surface area contributed by atoms with E-state index >= 15 is 0 Å². The fourth-order valence-electron chi connectivity index (χ4n) is 3.97. The van der Waals surface area contributed by atoms with Crippen LogP contribution in [0.25, 0.3) is 32.8 Å². The molecule has 3 nitrogen and oxygen atoms in total. The smallest absolute Gasteiger partial charge is 0.204 e. The first-order valence-electron chi connectivity index (χ1n) is 11.7. The van der Waals surface area contributed by atoms with Gasteiger partial charge in [-0.15, -0.1) is 0 Å². The molecule has 4 aromatic carbocycles. The lowest BCUT2D eigenvalue weighted by molar-refractivity contribution is 1.27. The largest absolute Gasteiger partial charge is 0.252 e. The zero-order valence-corrected chi connectivity index (χ0v) is 20.9. The second kappa shape index (κ2) is 10.1. The summed E-state index contributed by atoms with van der Waals surface area (Å²) in [4.78, 5) is 6.08. The molecular formula is C31H27N3S.